The van der Waals surface area contributed by atoms with Crippen molar-refractivity contribution in [2.45, 2.75) is 25.6 Å². The molecule has 0 amide bonds. The molecule has 0 radical (unpaired) electrons. The molecule has 2 aromatic carbocycles. The van der Waals surface area contributed by atoms with E-state index in [9.17, 15) is 4.57 Å². The number of halogens is 1. The molecule has 37 heavy (non-hydrogen) atoms. The lowest BCUT2D eigenvalue weighted by Gasteiger charge is -2.53. The van der Waals surface area contributed by atoms with Gasteiger partial charge in [0.15, 0.2) is 0 Å². The van der Waals surface area contributed by atoms with Crippen LogP contribution in [-0.2, 0) is 10.4 Å². The first-order valence-electron chi connectivity index (χ1n) is 12.8. The number of para-hydroxylation sites is 1. The van der Waals surface area contributed by atoms with Gasteiger partial charge in [0.1, 0.15) is 13.0 Å². The van der Waals surface area contributed by atoms with E-state index in [2.05, 4.69) is 57.6 Å². The summed E-state index contributed by atoms with van der Waals surface area (Å²) in [6.07, 6.45) is 4.26. The van der Waals surface area contributed by atoms with Crippen molar-refractivity contribution < 1.29 is 4.57 Å². The van der Waals surface area contributed by atoms with Gasteiger partial charge in [-0.15, -0.1) is 11.6 Å². The zero-order chi connectivity index (χ0) is 26.2. The first-order valence-corrected chi connectivity index (χ1v) is 15.9. The third-order valence-electron chi connectivity index (χ3n) is 7.57. The molecule has 1 spiro atoms. The van der Waals surface area contributed by atoms with Gasteiger partial charge in [0.05, 0.1) is 11.6 Å². The second kappa shape index (κ2) is 10.3. The standard InChI is InChI=1S/C28H36ClN6OP/c1-20-15-22(9-10-24(20)35-13-11-28(12-14-35)18-34(2)19-28)31-27-30-17-21(16-29)26(33-27)32-23-7-5-6-8-25(23)37(3,4)36/h5-10,15,17H,11-14,16,18-19H2,1-4H3,(H2,30,31,32,33). The average Bonchev–Trinajstić information content (AvgIpc) is 2.84. The van der Waals surface area contributed by atoms with Crippen molar-refractivity contribution in [1.82, 2.24) is 14.9 Å². The summed E-state index contributed by atoms with van der Waals surface area (Å²) in [7, 11) is -0.259. The number of anilines is 5. The molecule has 2 N–H and O–H groups in total. The maximum Gasteiger partial charge on any atom is 0.229 e. The highest BCUT2D eigenvalue weighted by atomic mass is 35.5. The summed E-state index contributed by atoms with van der Waals surface area (Å²) in [6, 6.07) is 14.1. The molecule has 0 bridgehead atoms. The number of piperidine rings is 1. The van der Waals surface area contributed by atoms with Crippen LogP contribution in [0.4, 0.5) is 28.8 Å². The summed E-state index contributed by atoms with van der Waals surface area (Å²) < 4.78 is 12.8. The molecular weight excluding hydrogens is 503 g/mol. The van der Waals surface area contributed by atoms with Gasteiger partial charge in [0.25, 0.3) is 0 Å². The van der Waals surface area contributed by atoms with Crippen LogP contribution in [-0.4, -0.2) is 61.4 Å². The molecule has 1 aromatic heterocycles. The molecule has 3 heterocycles. The minimum absolute atomic E-state index is 0.266. The number of alkyl halides is 1. The predicted molar refractivity (Wildman–Crippen MR) is 156 cm³/mol. The third kappa shape index (κ3) is 5.64. The summed E-state index contributed by atoms with van der Waals surface area (Å²) in [5.74, 6) is 1.35. The van der Waals surface area contributed by atoms with E-state index in [-0.39, 0.29) is 5.88 Å². The minimum atomic E-state index is -2.47. The predicted octanol–water partition coefficient (Wildman–Crippen LogP) is 5.79. The van der Waals surface area contributed by atoms with Crippen molar-refractivity contribution in [1.29, 1.82) is 0 Å². The number of nitrogens with zero attached hydrogens (tertiary/aromatic N) is 4. The summed E-state index contributed by atoms with van der Waals surface area (Å²) in [5, 5.41) is 7.48. The molecule has 0 atom stereocenters. The van der Waals surface area contributed by atoms with Crippen molar-refractivity contribution >= 4 is 52.9 Å². The Morgan fingerprint density at radius 3 is 2.46 bits per heavy atom. The fourth-order valence-corrected chi connectivity index (χ4v) is 7.05. The van der Waals surface area contributed by atoms with Gasteiger partial charge < -0.3 is 25.0 Å². The minimum Gasteiger partial charge on any atom is -0.371 e. The molecule has 2 aliphatic rings. The molecule has 0 saturated carbocycles. The van der Waals surface area contributed by atoms with Gasteiger partial charge >= 0.3 is 0 Å². The molecule has 0 aliphatic carbocycles. The van der Waals surface area contributed by atoms with E-state index in [1.807, 2.05) is 24.3 Å². The first-order chi connectivity index (χ1) is 17.7. The van der Waals surface area contributed by atoms with Crippen LogP contribution in [0.5, 0.6) is 0 Å². The molecule has 7 nitrogen and oxygen atoms in total. The number of likely N-dealkylation sites (tertiary alicyclic amines) is 1. The highest BCUT2D eigenvalue weighted by Gasteiger charge is 2.43. The molecule has 2 aliphatic heterocycles. The van der Waals surface area contributed by atoms with Crippen LogP contribution in [0.2, 0.25) is 0 Å². The van der Waals surface area contributed by atoms with Gasteiger partial charge in [-0.1, -0.05) is 12.1 Å². The molecule has 2 saturated heterocycles. The van der Waals surface area contributed by atoms with Crippen molar-refractivity contribution in [3.05, 3.63) is 59.8 Å². The van der Waals surface area contributed by atoms with Crippen LogP contribution in [0.1, 0.15) is 24.0 Å². The van der Waals surface area contributed by atoms with Gasteiger partial charge in [-0.3, -0.25) is 0 Å². The van der Waals surface area contributed by atoms with E-state index < -0.39 is 7.14 Å². The fourth-order valence-electron chi connectivity index (χ4n) is 5.70. The topological polar surface area (TPSA) is 73.4 Å². The summed E-state index contributed by atoms with van der Waals surface area (Å²) in [4.78, 5) is 14.1. The van der Waals surface area contributed by atoms with E-state index in [4.69, 9.17) is 16.6 Å². The molecule has 196 valence electrons. The van der Waals surface area contributed by atoms with Gasteiger partial charge in [-0.2, -0.15) is 4.98 Å². The van der Waals surface area contributed by atoms with Crippen LogP contribution in [0.15, 0.2) is 48.7 Å². The second-order valence-electron chi connectivity index (χ2n) is 11.0. The van der Waals surface area contributed by atoms with Crippen LogP contribution >= 0.6 is 18.7 Å². The lowest BCUT2D eigenvalue weighted by atomic mass is 9.72. The number of hydrogen-bond acceptors (Lipinski definition) is 7. The van der Waals surface area contributed by atoms with Gasteiger partial charge in [-0.05, 0) is 81.5 Å². The number of benzene rings is 2. The lowest BCUT2D eigenvalue weighted by Crippen LogP contribution is -2.58. The lowest BCUT2D eigenvalue weighted by molar-refractivity contribution is 0.00130. The maximum atomic E-state index is 12.8. The van der Waals surface area contributed by atoms with Crippen molar-refractivity contribution in [2.24, 2.45) is 5.41 Å². The largest absolute Gasteiger partial charge is 0.371 e. The van der Waals surface area contributed by atoms with E-state index >= 15 is 0 Å². The van der Waals surface area contributed by atoms with Crippen LogP contribution in [0.25, 0.3) is 0 Å². The highest BCUT2D eigenvalue weighted by Crippen LogP contribution is 2.41. The first kappa shape index (κ1) is 26.0. The SMILES string of the molecule is Cc1cc(Nc2ncc(CCl)c(Nc3ccccc3P(C)(C)=O)n2)ccc1N1CCC2(CC1)CN(C)C2. The second-order valence-corrected chi connectivity index (χ2v) is 14.4. The number of aryl methyl sites for hydroxylation is 1. The van der Waals surface area contributed by atoms with Gasteiger partial charge in [0.2, 0.25) is 5.95 Å². The van der Waals surface area contributed by atoms with Crippen molar-refractivity contribution in [3.63, 3.8) is 0 Å². The van der Waals surface area contributed by atoms with Crippen molar-refractivity contribution in [2.75, 3.05) is 62.1 Å². The van der Waals surface area contributed by atoms with Crippen LogP contribution in [0.3, 0.4) is 0 Å². The number of nitrogens with one attached hydrogen (secondary N) is 2. The Hall–Kier alpha value is -2.60. The van der Waals surface area contributed by atoms with Gasteiger partial charge in [0, 0.05) is 54.6 Å². The Balaban J connectivity index is 1.31. The summed E-state index contributed by atoms with van der Waals surface area (Å²) in [5.41, 5.74) is 5.56. The number of aromatic nitrogens is 2. The molecular formula is C28H36ClN6OP. The fraction of sp³-hybridized carbons (Fsp3) is 0.429. The zero-order valence-corrected chi connectivity index (χ0v) is 23.7. The monoisotopic (exact) mass is 538 g/mol. The smallest absolute Gasteiger partial charge is 0.229 e. The Morgan fingerprint density at radius 2 is 1.81 bits per heavy atom. The van der Waals surface area contributed by atoms with E-state index in [1.54, 1.807) is 19.5 Å². The molecule has 0 unspecified atom stereocenters. The van der Waals surface area contributed by atoms with Crippen molar-refractivity contribution in [3.8, 4) is 0 Å². The zero-order valence-electron chi connectivity index (χ0n) is 22.1. The van der Waals surface area contributed by atoms with Crippen LogP contribution < -0.4 is 20.8 Å². The summed E-state index contributed by atoms with van der Waals surface area (Å²) in [6.45, 7) is 10.4. The third-order valence-corrected chi connectivity index (χ3v) is 9.41. The summed E-state index contributed by atoms with van der Waals surface area (Å²) >= 11 is 6.19. The van der Waals surface area contributed by atoms with E-state index in [1.165, 1.54) is 37.2 Å². The highest BCUT2D eigenvalue weighted by molar-refractivity contribution is 7.70. The van der Waals surface area contributed by atoms with E-state index in [0.29, 0.717) is 17.2 Å². The average molecular weight is 539 g/mol. The van der Waals surface area contributed by atoms with Gasteiger partial charge in [-0.25, -0.2) is 4.98 Å². The van der Waals surface area contributed by atoms with Crippen LogP contribution in [0, 0.1) is 12.3 Å². The number of hydrogen-bond donors (Lipinski definition) is 2. The molecule has 2 fully saturated rings. The Bertz CT molecular complexity index is 1330. The molecule has 9 heteroatoms. The Morgan fingerprint density at radius 1 is 1.08 bits per heavy atom. The quantitative estimate of drug-likeness (QED) is 0.291. The Labute approximate surface area is 225 Å². The number of rotatable bonds is 7. The normalized spacial score (nSPS) is 17.5. The Kier molecular flexibility index (Phi) is 7.23. The molecule has 3 aromatic rings. The van der Waals surface area contributed by atoms with E-state index in [0.717, 1.165) is 35.3 Å². The maximum absolute atomic E-state index is 12.8. The molecule has 5 rings (SSSR count).